The Bertz CT molecular complexity index is 405. The highest BCUT2D eigenvalue weighted by molar-refractivity contribution is 9.10. The average Bonchev–Trinajstić information content (AvgIpc) is 2.28. The Morgan fingerprint density at radius 2 is 2.12 bits per heavy atom. The van der Waals surface area contributed by atoms with E-state index in [1.165, 1.54) is 6.07 Å². The maximum Gasteiger partial charge on any atom is 0.194 e. The van der Waals surface area contributed by atoms with Crippen LogP contribution in [0.25, 0.3) is 0 Å². The first-order valence-corrected chi connectivity index (χ1v) is 6.01. The standard InChI is InChI=1S/C11H13BrFNO2/c12-7-4-8(13)10(15)11(16)9(7)6-2-1-3-14-5-6/h4,6,14-16H,1-3,5H2. The molecule has 1 atom stereocenters. The molecule has 0 aliphatic carbocycles. The molecular formula is C11H13BrFNO2. The third kappa shape index (κ3) is 2.01. The second kappa shape index (κ2) is 4.59. The fourth-order valence-corrected chi connectivity index (χ4v) is 2.81. The van der Waals surface area contributed by atoms with Gasteiger partial charge in [-0.05, 0) is 25.5 Å². The number of aromatic hydroxyl groups is 2. The van der Waals surface area contributed by atoms with Gasteiger partial charge in [0.15, 0.2) is 17.3 Å². The van der Waals surface area contributed by atoms with E-state index in [1.807, 2.05) is 0 Å². The highest BCUT2D eigenvalue weighted by Gasteiger charge is 2.24. The quantitative estimate of drug-likeness (QED) is 0.696. The van der Waals surface area contributed by atoms with E-state index in [0.717, 1.165) is 25.9 Å². The van der Waals surface area contributed by atoms with E-state index >= 15 is 0 Å². The molecule has 5 heteroatoms. The highest BCUT2D eigenvalue weighted by atomic mass is 79.9. The van der Waals surface area contributed by atoms with Gasteiger partial charge in [-0.3, -0.25) is 0 Å². The molecule has 1 fully saturated rings. The number of hydrogen-bond donors (Lipinski definition) is 3. The molecule has 3 N–H and O–H groups in total. The molecule has 1 aromatic rings. The number of nitrogens with one attached hydrogen (secondary N) is 1. The van der Waals surface area contributed by atoms with Crippen molar-refractivity contribution in [3.05, 3.63) is 21.9 Å². The van der Waals surface area contributed by atoms with Crippen LogP contribution in [0.4, 0.5) is 4.39 Å². The summed E-state index contributed by atoms with van der Waals surface area (Å²) in [5.74, 6) is -1.71. The summed E-state index contributed by atoms with van der Waals surface area (Å²) in [4.78, 5) is 0. The van der Waals surface area contributed by atoms with E-state index in [9.17, 15) is 14.6 Å². The molecule has 88 valence electrons. The molecule has 2 rings (SSSR count). The van der Waals surface area contributed by atoms with Crippen LogP contribution in [0.1, 0.15) is 24.3 Å². The Hall–Kier alpha value is -0.810. The van der Waals surface area contributed by atoms with Gasteiger partial charge < -0.3 is 15.5 Å². The lowest BCUT2D eigenvalue weighted by Gasteiger charge is -2.25. The minimum absolute atomic E-state index is 0.106. The molecule has 0 amide bonds. The molecule has 0 aromatic heterocycles. The Labute approximate surface area is 101 Å². The largest absolute Gasteiger partial charge is 0.504 e. The Kier molecular flexibility index (Phi) is 3.35. The minimum atomic E-state index is -0.808. The molecule has 1 saturated heterocycles. The van der Waals surface area contributed by atoms with Crippen molar-refractivity contribution in [3.63, 3.8) is 0 Å². The summed E-state index contributed by atoms with van der Waals surface area (Å²) in [6.45, 7) is 1.69. The lowest BCUT2D eigenvalue weighted by molar-refractivity contribution is 0.365. The first kappa shape index (κ1) is 11.7. The van der Waals surface area contributed by atoms with Crippen LogP contribution in [0.2, 0.25) is 0 Å². The van der Waals surface area contributed by atoms with Gasteiger partial charge in [-0.1, -0.05) is 15.9 Å². The van der Waals surface area contributed by atoms with Gasteiger partial charge in [0.1, 0.15) is 0 Å². The van der Waals surface area contributed by atoms with Crippen molar-refractivity contribution in [2.75, 3.05) is 13.1 Å². The van der Waals surface area contributed by atoms with E-state index in [1.54, 1.807) is 0 Å². The topological polar surface area (TPSA) is 52.5 Å². The molecule has 1 aliphatic heterocycles. The molecule has 0 saturated carbocycles. The Balaban J connectivity index is 2.42. The van der Waals surface area contributed by atoms with Crippen LogP contribution >= 0.6 is 15.9 Å². The van der Waals surface area contributed by atoms with Crippen molar-refractivity contribution in [3.8, 4) is 11.5 Å². The molecule has 1 aromatic carbocycles. The van der Waals surface area contributed by atoms with E-state index in [0.29, 0.717) is 10.0 Å². The van der Waals surface area contributed by atoms with Crippen LogP contribution < -0.4 is 5.32 Å². The number of hydrogen-bond acceptors (Lipinski definition) is 3. The molecule has 1 unspecified atom stereocenters. The van der Waals surface area contributed by atoms with Crippen LogP contribution in [0.5, 0.6) is 11.5 Å². The van der Waals surface area contributed by atoms with Crippen molar-refractivity contribution in [1.82, 2.24) is 5.32 Å². The zero-order valence-electron chi connectivity index (χ0n) is 8.63. The smallest absolute Gasteiger partial charge is 0.194 e. The van der Waals surface area contributed by atoms with Crippen molar-refractivity contribution in [2.45, 2.75) is 18.8 Å². The Morgan fingerprint density at radius 1 is 1.38 bits per heavy atom. The number of rotatable bonds is 1. The zero-order valence-corrected chi connectivity index (χ0v) is 10.2. The second-order valence-electron chi connectivity index (χ2n) is 3.99. The predicted molar refractivity (Wildman–Crippen MR) is 62.3 cm³/mol. The monoisotopic (exact) mass is 289 g/mol. The SMILES string of the molecule is Oc1c(F)cc(Br)c(C2CCCNC2)c1O. The summed E-state index contributed by atoms with van der Waals surface area (Å²) >= 11 is 3.23. The van der Waals surface area contributed by atoms with E-state index in [2.05, 4.69) is 21.2 Å². The third-order valence-corrected chi connectivity index (χ3v) is 3.58. The highest BCUT2D eigenvalue weighted by Crippen LogP contribution is 2.42. The summed E-state index contributed by atoms with van der Waals surface area (Å²) in [5, 5.41) is 22.4. The molecular weight excluding hydrogens is 277 g/mol. The van der Waals surface area contributed by atoms with Gasteiger partial charge in [0.25, 0.3) is 0 Å². The fourth-order valence-electron chi connectivity index (χ4n) is 2.10. The van der Waals surface area contributed by atoms with Crippen LogP contribution in [-0.2, 0) is 0 Å². The zero-order chi connectivity index (χ0) is 11.7. The molecule has 3 nitrogen and oxygen atoms in total. The van der Waals surface area contributed by atoms with Gasteiger partial charge in [0.05, 0.1) is 0 Å². The fraction of sp³-hybridized carbons (Fsp3) is 0.455. The molecule has 16 heavy (non-hydrogen) atoms. The van der Waals surface area contributed by atoms with Gasteiger partial charge in [0, 0.05) is 22.5 Å². The summed E-state index contributed by atoms with van der Waals surface area (Å²) in [6, 6.07) is 1.19. The number of piperidine rings is 1. The molecule has 0 radical (unpaired) electrons. The van der Waals surface area contributed by atoms with Crippen LogP contribution in [0.15, 0.2) is 10.5 Å². The van der Waals surface area contributed by atoms with Crippen LogP contribution in [0, 0.1) is 5.82 Å². The Morgan fingerprint density at radius 3 is 2.75 bits per heavy atom. The van der Waals surface area contributed by atoms with E-state index in [-0.39, 0.29) is 11.7 Å². The van der Waals surface area contributed by atoms with Crippen LogP contribution in [-0.4, -0.2) is 23.3 Å². The molecule has 0 spiro atoms. The minimum Gasteiger partial charge on any atom is -0.504 e. The summed E-state index contributed by atoms with van der Waals surface area (Å²) < 4.78 is 13.6. The van der Waals surface area contributed by atoms with Crippen molar-refractivity contribution >= 4 is 15.9 Å². The molecule has 0 bridgehead atoms. The van der Waals surface area contributed by atoms with Gasteiger partial charge in [-0.15, -0.1) is 0 Å². The van der Waals surface area contributed by atoms with Crippen LogP contribution in [0.3, 0.4) is 0 Å². The first-order chi connectivity index (χ1) is 7.61. The van der Waals surface area contributed by atoms with Gasteiger partial charge in [0.2, 0.25) is 0 Å². The van der Waals surface area contributed by atoms with Crippen molar-refractivity contribution in [1.29, 1.82) is 0 Å². The van der Waals surface area contributed by atoms with Gasteiger partial charge >= 0.3 is 0 Å². The third-order valence-electron chi connectivity index (χ3n) is 2.92. The number of phenolic OH excluding ortho intramolecular Hbond substituents is 2. The number of halogens is 2. The first-order valence-electron chi connectivity index (χ1n) is 5.21. The van der Waals surface area contributed by atoms with E-state index in [4.69, 9.17) is 0 Å². The molecule has 1 aliphatic rings. The number of phenols is 2. The van der Waals surface area contributed by atoms with Gasteiger partial charge in [-0.25, -0.2) is 4.39 Å². The summed E-state index contributed by atoms with van der Waals surface area (Å²) in [5.41, 5.74) is 0.589. The maximum absolute atomic E-state index is 13.1. The van der Waals surface area contributed by atoms with E-state index < -0.39 is 11.6 Å². The second-order valence-corrected chi connectivity index (χ2v) is 4.85. The predicted octanol–water partition coefficient (Wildman–Crippen LogP) is 2.47. The average molecular weight is 290 g/mol. The lowest BCUT2D eigenvalue weighted by Crippen LogP contribution is -2.28. The summed E-state index contributed by atoms with van der Waals surface area (Å²) in [7, 11) is 0. The lowest BCUT2D eigenvalue weighted by atomic mass is 9.90. The normalized spacial score (nSPS) is 21.0. The van der Waals surface area contributed by atoms with Crippen molar-refractivity contribution < 1.29 is 14.6 Å². The van der Waals surface area contributed by atoms with Crippen molar-refractivity contribution in [2.24, 2.45) is 0 Å². The maximum atomic E-state index is 13.1. The molecule has 1 heterocycles. The van der Waals surface area contributed by atoms with Gasteiger partial charge in [-0.2, -0.15) is 0 Å². The number of benzene rings is 1. The summed E-state index contributed by atoms with van der Waals surface area (Å²) in [6.07, 6.45) is 1.93.